The molecular formula is C44H44N4O8. The molecule has 0 spiro atoms. The highest BCUT2D eigenvalue weighted by Gasteiger charge is 2.19. The second kappa shape index (κ2) is 18.6. The van der Waals surface area contributed by atoms with Gasteiger partial charge in [-0.3, -0.25) is 9.59 Å². The number of aromatic amines is 1. The highest BCUT2D eigenvalue weighted by Crippen LogP contribution is 2.29. The summed E-state index contributed by atoms with van der Waals surface area (Å²) in [7, 11) is 1.60. The van der Waals surface area contributed by atoms with Crippen LogP contribution in [0.5, 0.6) is 17.2 Å². The first-order chi connectivity index (χ1) is 27.2. The van der Waals surface area contributed by atoms with E-state index in [1.165, 1.54) is 12.1 Å². The molecule has 1 aromatic heterocycles. The third-order valence-electron chi connectivity index (χ3n) is 9.40. The van der Waals surface area contributed by atoms with Crippen LogP contribution < -0.4 is 25.7 Å². The summed E-state index contributed by atoms with van der Waals surface area (Å²) in [4.78, 5) is 41.7. The first-order valence-corrected chi connectivity index (χ1v) is 18.2. The molecule has 56 heavy (non-hydrogen) atoms. The SMILES string of the molecule is COc1ccc(CN(CCCNC[C@H](O)c2ccc(O)c3[nH]c(=O)ccc23)C(=O)c2ccc(COc3cccc([C@@H](NC(=O)O)c4ccccc4)c3)cc2)cc1. The van der Waals surface area contributed by atoms with Crippen LogP contribution in [0.15, 0.2) is 132 Å². The van der Waals surface area contributed by atoms with E-state index in [1.807, 2.05) is 91.0 Å². The molecule has 0 saturated heterocycles. The van der Waals surface area contributed by atoms with Gasteiger partial charge >= 0.3 is 6.09 Å². The molecule has 0 aliphatic carbocycles. The maximum atomic E-state index is 13.9. The van der Waals surface area contributed by atoms with Crippen molar-refractivity contribution in [3.05, 3.63) is 171 Å². The van der Waals surface area contributed by atoms with Crippen LogP contribution in [0.3, 0.4) is 0 Å². The normalized spacial score (nSPS) is 12.1. The summed E-state index contributed by atoms with van der Waals surface area (Å²) < 4.78 is 11.4. The number of carboxylic acid groups (broad SMARTS) is 1. The van der Waals surface area contributed by atoms with Crippen LogP contribution in [0.1, 0.15) is 56.7 Å². The maximum absolute atomic E-state index is 13.9. The Balaban J connectivity index is 1.07. The number of nitrogens with zero attached hydrogens (tertiary/aromatic N) is 1. The lowest BCUT2D eigenvalue weighted by atomic mass is 9.98. The van der Waals surface area contributed by atoms with Crippen molar-refractivity contribution in [1.82, 2.24) is 20.5 Å². The molecule has 0 unspecified atom stereocenters. The van der Waals surface area contributed by atoms with Crippen molar-refractivity contribution in [2.24, 2.45) is 0 Å². The largest absolute Gasteiger partial charge is 0.506 e. The number of phenols is 1. The summed E-state index contributed by atoms with van der Waals surface area (Å²) >= 11 is 0. The van der Waals surface area contributed by atoms with Gasteiger partial charge in [-0.05, 0) is 89.3 Å². The predicted octanol–water partition coefficient (Wildman–Crippen LogP) is 6.53. The van der Waals surface area contributed by atoms with Gasteiger partial charge in [0.05, 0.1) is 24.8 Å². The molecule has 0 aliphatic heterocycles. The number of hydrogen-bond donors (Lipinski definition) is 6. The molecule has 2 amide bonds. The fourth-order valence-corrected chi connectivity index (χ4v) is 6.50. The van der Waals surface area contributed by atoms with E-state index >= 15 is 0 Å². The van der Waals surface area contributed by atoms with Crippen LogP contribution in [-0.4, -0.2) is 63.9 Å². The summed E-state index contributed by atoms with van der Waals surface area (Å²) in [6, 6.07) is 36.9. The number of benzene rings is 5. The number of nitrogens with one attached hydrogen (secondary N) is 3. The second-order valence-electron chi connectivity index (χ2n) is 13.3. The Hall–Kier alpha value is -6.63. The monoisotopic (exact) mass is 756 g/mol. The van der Waals surface area contributed by atoms with Crippen molar-refractivity contribution in [2.75, 3.05) is 26.7 Å². The number of hydrogen-bond acceptors (Lipinski definition) is 8. The molecule has 2 atom stereocenters. The van der Waals surface area contributed by atoms with E-state index in [0.717, 1.165) is 28.0 Å². The lowest BCUT2D eigenvalue weighted by molar-refractivity contribution is 0.0740. The molecule has 288 valence electrons. The molecule has 12 heteroatoms. The number of ether oxygens (including phenoxy) is 2. The van der Waals surface area contributed by atoms with E-state index in [1.54, 1.807) is 36.3 Å². The lowest BCUT2D eigenvalue weighted by Gasteiger charge is -2.24. The Morgan fingerprint density at radius 1 is 0.821 bits per heavy atom. The second-order valence-corrected chi connectivity index (χ2v) is 13.3. The Morgan fingerprint density at radius 2 is 1.55 bits per heavy atom. The van der Waals surface area contributed by atoms with Crippen molar-refractivity contribution < 1.29 is 34.4 Å². The van der Waals surface area contributed by atoms with Crippen LogP contribution in [0, 0.1) is 0 Å². The quantitative estimate of drug-likeness (QED) is 0.0566. The minimum Gasteiger partial charge on any atom is -0.506 e. The average molecular weight is 757 g/mol. The van der Waals surface area contributed by atoms with Crippen LogP contribution in [0.4, 0.5) is 4.79 Å². The highest BCUT2D eigenvalue weighted by atomic mass is 16.5. The number of aromatic nitrogens is 1. The molecule has 6 N–H and O–H groups in total. The number of rotatable bonds is 17. The van der Waals surface area contributed by atoms with Gasteiger partial charge < -0.3 is 45.3 Å². The van der Waals surface area contributed by atoms with Gasteiger partial charge in [-0.25, -0.2) is 4.79 Å². The van der Waals surface area contributed by atoms with Gasteiger partial charge in [0.15, 0.2) is 0 Å². The van der Waals surface area contributed by atoms with Gasteiger partial charge in [0.25, 0.3) is 5.91 Å². The third-order valence-corrected chi connectivity index (χ3v) is 9.40. The molecule has 1 heterocycles. The van der Waals surface area contributed by atoms with E-state index in [2.05, 4.69) is 15.6 Å². The Labute approximate surface area is 324 Å². The number of amides is 2. The number of H-pyrrole nitrogens is 1. The van der Waals surface area contributed by atoms with Gasteiger partial charge in [-0.1, -0.05) is 72.8 Å². The van der Waals surface area contributed by atoms with Gasteiger partial charge in [-0.15, -0.1) is 0 Å². The third kappa shape index (κ3) is 10.1. The number of fused-ring (bicyclic) bond motifs is 1. The fraction of sp³-hybridized carbons (Fsp3) is 0.205. The molecular weight excluding hydrogens is 713 g/mol. The van der Waals surface area contributed by atoms with Gasteiger partial charge in [0.1, 0.15) is 23.9 Å². The van der Waals surface area contributed by atoms with Gasteiger partial charge in [0.2, 0.25) is 5.56 Å². The Bertz CT molecular complexity index is 2300. The summed E-state index contributed by atoms with van der Waals surface area (Å²) in [5.74, 6) is 1.09. The van der Waals surface area contributed by atoms with Gasteiger partial charge in [-0.2, -0.15) is 0 Å². The molecule has 0 saturated carbocycles. The number of aliphatic hydroxyl groups excluding tert-OH is 1. The van der Waals surface area contributed by atoms with Crippen molar-refractivity contribution in [2.45, 2.75) is 31.7 Å². The van der Waals surface area contributed by atoms with E-state index in [4.69, 9.17) is 9.47 Å². The van der Waals surface area contributed by atoms with E-state index in [9.17, 15) is 29.7 Å². The molecule has 6 aromatic rings. The number of carbonyl (C=O) groups excluding carboxylic acids is 1. The zero-order chi connectivity index (χ0) is 39.4. The molecule has 5 aromatic carbocycles. The first kappa shape index (κ1) is 39.1. The summed E-state index contributed by atoms with van der Waals surface area (Å²) in [5, 5.41) is 37.0. The van der Waals surface area contributed by atoms with Gasteiger partial charge in [0, 0.05) is 36.7 Å². The zero-order valence-electron chi connectivity index (χ0n) is 30.9. The standard InChI is InChI=1S/C44H44N4O8/c1-55-34-17-13-29(14-18-34)27-48(24-6-23-45-26-39(50)36-19-21-38(49)42-37(36)20-22-40(51)46-42)43(52)32-15-11-30(12-16-32)28-56-35-10-5-9-33(25-35)41(47-44(53)54)31-7-3-2-4-8-31/h2-5,7-22,25,39,41,45,47,49-50H,6,23-24,26-28H2,1H3,(H,46,51)(H,53,54)/t39-,41-/m0/s1. The molecule has 12 nitrogen and oxygen atoms in total. The minimum atomic E-state index is -1.13. The van der Waals surface area contributed by atoms with Crippen molar-refractivity contribution >= 4 is 22.9 Å². The van der Waals surface area contributed by atoms with E-state index in [-0.39, 0.29) is 35.9 Å². The fourth-order valence-electron chi connectivity index (χ4n) is 6.50. The number of aromatic hydroxyl groups is 1. The number of aliphatic hydroxyl groups is 1. The Kier molecular flexibility index (Phi) is 13.0. The molecule has 6 rings (SSSR count). The zero-order valence-corrected chi connectivity index (χ0v) is 30.9. The van der Waals surface area contributed by atoms with E-state index in [0.29, 0.717) is 48.3 Å². The summed E-state index contributed by atoms with van der Waals surface area (Å²) in [6.45, 7) is 1.81. The van der Waals surface area contributed by atoms with Crippen LogP contribution in [0.25, 0.3) is 10.9 Å². The van der Waals surface area contributed by atoms with Crippen LogP contribution in [-0.2, 0) is 13.2 Å². The van der Waals surface area contributed by atoms with Crippen molar-refractivity contribution in [3.8, 4) is 17.2 Å². The van der Waals surface area contributed by atoms with Crippen LogP contribution in [0.2, 0.25) is 0 Å². The average Bonchev–Trinajstić information content (AvgIpc) is 3.22. The molecule has 0 fully saturated rings. The topological polar surface area (TPSA) is 173 Å². The number of phenolic OH excluding ortho intramolecular Hbond substituents is 1. The summed E-state index contributed by atoms with van der Waals surface area (Å²) in [5.41, 5.74) is 4.37. The molecule has 0 bridgehead atoms. The van der Waals surface area contributed by atoms with E-state index < -0.39 is 18.2 Å². The van der Waals surface area contributed by atoms with Crippen molar-refractivity contribution in [1.29, 1.82) is 0 Å². The number of methoxy groups -OCH3 is 1. The lowest BCUT2D eigenvalue weighted by Crippen LogP contribution is -2.33. The number of pyridine rings is 1. The van der Waals surface area contributed by atoms with Crippen molar-refractivity contribution in [3.63, 3.8) is 0 Å². The minimum absolute atomic E-state index is 0.0707. The Morgan fingerprint density at radius 3 is 2.29 bits per heavy atom. The van der Waals surface area contributed by atoms with Crippen LogP contribution >= 0.6 is 0 Å². The smallest absolute Gasteiger partial charge is 0.405 e. The molecule has 0 aliphatic rings. The molecule has 0 radical (unpaired) electrons. The first-order valence-electron chi connectivity index (χ1n) is 18.2. The summed E-state index contributed by atoms with van der Waals surface area (Å²) in [6.07, 6.45) is -1.42. The number of carbonyl (C=O) groups is 2. The maximum Gasteiger partial charge on any atom is 0.405 e. The predicted molar refractivity (Wildman–Crippen MR) is 213 cm³/mol. The highest BCUT2D eigenvalue weighted by molar-refractivity contribution is 5.94.